The second-order valence-corrected chi connectivity index (χ2v) is 5.31. The molecule has 1 rings (SSSR count). The van der Waals surface area contributed by atoms with Gasteiger partial charge in [-0.2, -0.15) is 0 Å². The summed E-state index contributed by atoms with van der Waals surface area (Å²) in [5, 5.41) is 0. The maximum absolute atomic E-state index is 12.1. The molecule has 1 aliphatic heterocycles. The Morgan fingerprint density at radius 3 is 2.59 bits per heavy atom. The number of hydrogen-bond donors (Lipinski definition) is 0. The van der Waals surface area contributed by atoms with Crippen molar-refractivity contribution < 1.29 is 4.79 Å². The number of rotatable bonds is 7. The summed E-state index contributed by atoms with van der Waals surface area (Å²) in [6.07, 6.45) is 11.8. The number of likely N-dealkylation sites (tertiary alicyclic amines) is 1. The van der Waals surface area contributed by atoms with Gasteiger partial charge in [0.15, 0.2) is 0 Å². The van der Waals surface area contributed by atoms with Gasteiger partial charge in [-0.25, -0.2) is 0 Å². The van der Waals surface area contributed by atoms with Gasteiger partial charge in [-0.3, -0.25) is 4.79 Å². The molecule has 0 aliphatic carbocycles. The Labute approximate surface area is 107 Å². The lowest BCUT2D eigenvalue weighted by Crippen LogP contribution is -2.43. The lowest BCUT2D eigenvalue weighted by molar-refractivity contribution is -0.135. The van der Waals surface area contributed by atoms with Crippen molar-refractivity contribution in [1.82, 2.24) is 4.90 Å². The summed E-state index contributed by atoms with van der Waals surface area (Å²) in [5.74, 6) is 0.410. The molecule has 2 heteroatoms. The molecule has 0 unspecified atom stereocenters. The van der Waals surface area contributed by atoms with Gasteiger partial charge >= 0.3 is 0 Å². The Hall–Kier alpha value is -0.530. The fourth-order valence-corrected chi connectivity index (χ4v) is 2.78. The standard InChI is InChI=1S/C15H29NO/c1-3-5-6-7-8-12-15(17)16-13-10-9-11-14(16)4-2/h14H,3-13H2,1-2H3/t14-/m1/s1. The first-order chi connectivity index (χ1) is 8.29. The van der Waals surface area contributed by atoms with Gasteiger partial charge in [-0.15, -0.1) is 0 Å². The fourth-order valence-electron chi connectivity index (χ4n) is 2.78. The largest absolute Gasteiger partial charge is 0.340 e. The van der Waals surface area contributed by atoms with E-state index in [1.54, 1.807) is 0 Å². The second kappa shape index (κ2) is 8.54. The molecule has 1 atom stereocenters. The van der Waals surface area contributed by atoms with Crippen LogP contribution in [0.4, 0.5) is 0 Å². The number of piperidine rings is 1. The number of hydrogen-bond acceptors (Lipinski definition) is 1. The van der Waals surface area contributed by atoms with E-state index in [9.17, 15) is 4.79 Å². The Morgan fingerprint density at radius 1 is 1.12 bits per heavy atom. The van der Waals surface area contributed by atoms with E-state index in [0.29, 0.717) is 11.9 Å². The summed E-state index contributed by atoms with van der Waals surface area (Å²) in [6.45, 7) is 5.44. The van der Waals surface area contributed by atoms with Crippen LogP contribution in [0.1, 0.15) is 78.1 Å². The molecule has 2 nitrogen and oxygen atoms in total. The average Bonchev–Trinajstić information content (AvgIpc) is 2.38. The summed E-state index contributed by atoms with van der Waals surface area (Å²) >= 11 is 0. The van der Waals surface area contributed by atoms with Gasteiger partial charge in [0.05, 0.1) is 0 Å². The van der Waals surface area contributed by atoms with Crippen molar-refractivity contribution in [3.05, 3.63) is 0 Å². The van der Waals surface area contributed by atoms with Crippen molar-refractivity contribution in [3.8, 4) is 0 Å². The van der Waals surface area contributed by atoms with Crippen LogP contribution in [0.25, 0.3) is 0 Å². The molecule has 0 saturated carbocycles. The summed E-state index contributed by atoms with van der Waals surface area (Å²) in [5.41, 5.74) is 0. The summed E-state index contributed by atoms with van der Waals surface area (Å²) < 4.78 is 0. The molecule has 1 amide bonds. The normalized spacial score (nSPS) is 20.6. The maximum Gasteiger partial charge on any atom is 0.222 e. The van der Waals surface area contributed by atoms with Gasteiger partial charge in [0.25, 0.3) is 0 Å². The molecular formula is C15H29NO. The van der Waals surface area contributed by atoms with Crippen molar-refractivity contribution in [2.45, 2.75) is 84.1 Å². The zero-order valence-corrected chi connectivity index (χ0v) is 11.7. The molecule has 1 aliphatic rings. The third-order valence-corrected chi connectivity index (χ3v) is 3.91. The zero-order valence-electron chi connectivity index (χ0n) is 11.7. The van der Waals surface area contributed by atoms with Crippen LogP contribution in [-0.4, -0.2) is 23.4 Å². The number of amides is 1. The molecule has 0 spiro atoms. The molecule has 0 bridgehead atoms. The quantitative estimate of drug-likeness (QED) is 0.611. The van der Waals surface area contributed by atoms with Crippen LogP contribution in [0.5, 0.6) is 0 Å². The molecule has 17 heavy (non-hydrogen) atoms. The lowest BCUT2D eigenvalue weighted by Gasteiger charge is -2.35. The maximum atomic E-state index is 12.1. The first kappa shape index (κ1) is 14.5. The Balaban J connectivity index is 2.20. The molecule has 0 aromatic rings. The van der Waals surface area contributed by atoms with E-state index in [-0.39, 0.29) is 0 Å². The summed E-state index contributed by atoms with van der Waals surface area (Å²) in [6, 6.07) is 0.534. The molecule has 1 saturated heterocycles. The highest BCUT2D eigenvalue weighted by molar-refractivity contribution is 5.76. The molecule has 0 aromatic heterocycles. The van der Waals surface area contributed by atoms with Crippen LogP contribution in [0.3, 0.4) is 0 Å². The fraction of sp³-hybridized carbons (Fsp3) is 0.933. The highest BCUT2D eigenvalue weighted by atomic mass is 16.2. The van der Waals surface area contributed by atoms with Gasteiger partial charge in [0.2, 0.25) is 5.91 Å². The summed E-state index contributed by atoms with van der Waals surface area (Å²) in [7, 11) is 0. The third-order valence-electron chi connectivity index (χ3n) is 3.91. The smallest absolute Gasteiger partial charge is 0.222 e. The van der Waals surface area contributed by atoms with Gasteiger partial charge in [0.1, 0.15) is 0 Å². The minimum absolute atomic E-state index is 0.410. The molecular weight excluding hydrogens is 210 g/mol. The lowest BCUT2D eigenvalue weighted by atomic mass is 9.99. The SMILES string of the molecule is CCCCCCCC(=O)N1CCCC[C@H]1CC. The monoisotopic (exact) mass is 239 g/mol. The predicted molar refractivity (Wildman–Crippen MR) is 73.0 cm³/mol. The molecule has 0 radical (unpaired) electrons. The van der Waals surface area contributed by atoms with E-state index in [0.717, 1.165) is 25.8 Å². The third kappa shape index (κ3) is 5.10. The molecule has 1 fully saturated rings. The molecule has 0 N–H and O–H groups in total. The number of nitrogens with zero attached hydrogens (tertiary/aromatic N) is 1. The number of carbonyl (C=O) groups is 1. The van der Waals surface area contributed by atoms with Crippen molar-refractivity contribution in [2.24, 2.45) is 0 Å². The van der Waals surface area contributed by atoms with Crippen LogP contribution < -0.4 is 0 Å². The van der Waals surface area contributed by atoms with Crippen LogP contribution in [0, 0.1) is 0 Å². The molecule has 1 heterocycles. The predicted octanol–water partition coefficient (Wildman–Crippen LogP) is 4.14. The van der Waals surface area contributed by atoms with E-state index in [1.165, 1.54) is 44.9 Å². The van der Waals surface area contributed by atoms with E-state index in [4.69, 9.17) is 0 Å². The van der Waals surface area contributed by atoms with Crippen LogP contribution in [0.2, 0.25) is 0 Å². The van der Waals surface area contributed by atoms with Gasteiger partial charge < -0.3 is 4.90 Å². The van der Waals surface area contributed by atoms with Crippen LogP contribution >= 0.6 is 0 Å². The first-order valence-electron chi connectivity index (χ1n) is 7.59. The minimum atomic E-state index is 0.410. The Kier molecular flexibility index (Phi) is 7.30. The Morgan fingerprint density at radius 2 is 1.88 bits per heavy atom. The second-order valence-electron chi connectivity index (χ2n) is 5.31. The minimum Gasteiger partial charge on any atom is -0.340 e. The number of carbonyl (C=O) groups excluding carboxylic acids is 1. The van der Waals surface area contributed by atoms with Crippen molar-refractivity contribution in [3.63, 3.8) is 0 Å². The van der Waals surface area contributed by atoms with Crippen molar-refractivity contribution in [1.29, 1.82) is 0 Å². The average molecular weight is 239 g/mol. The van der Waals surface area contributed by atoms with Crippen molar-refractivity contribution in [2.75, 3.05) is 6.54 Å². The topological polar surface area (TPSA) is 20.3 Å². The van der Waals surface area contributed by atoms with E-state index < -0.39 is 0 Å². The van der Waals surface area contributed by atoms with Gasteiger partial charge in [-0.05, 0) is 32.1 Å². The number of unbranched alkanes of at least 4 members (excludes halogenated alkanes) is 4. The zero-order chi connectivity index (χ0) is 12.5. The summed E-state index contributed by atoms with van der Waals surface area (Å²) in [4.78, 5) is 14.3. The molecule has 100 valence electrons. The van der Waals surface area contributed by atoms with Gasteiger partial charge in [0, 0.05) is 19.0 Å². The van der Waals surface area contributed by atoms with Crippen LogP contribution in [0.15, 0.2) is 0 Å². The highest BCUT2D eigenvalue weighted by Gasteiger charge is 2.24. The van der Waals surface area contributed by atoms with Crippen LogP contribution in [-0.2, 0) is 4.79 Å². The van der Waals surface area contributed by atoms with E-state index in [1.807, 2.05) is 0 Å². The first-order valence-corrected chi connectivity index (χ1v) is 7.59. The van der Waals surface area contributed by atoms with Crippen molar-refractivity contribution >= 4 is 5.91 Å². The van der Waals surface area contributed by atoms with Gasteiger partial charge in [-0.1, -0.05) is 39.5 Å². The highest BCUT2D eigenvalue weighted by Crippen LogP contribution is 2.21. The van der Waals surface area contributed by atoms with E-state index in [2.05, 4.69) is 18.7 Å². The molecule has 0 aromatic carbocycles. The van der Waals surface area contributed by atoms with E-state index >= 15 is 0 Å². The Bertz CT molecular complexity index is 215.